The number of hydrogen-bond donors (Lipinski definition) is 1. The number of halogens is 1. The van der Waals surface area contributed by atoms with E-state index in [2.05, 4.69) is 11.4 Å². The van der Waals surface area contributed by atoms with Gasteiger partial charge in [-0.25, -0.2) is 4.39 Å². The van der Waals surface area contributed by atoms with E-state index in [-0.39, 0.29) is 18.2 Å². The standard InChI is InChI=1S/C17H21FN2O2/c1-2-22-15-7-6-13(10-14(15)18)11-20-16(21)17(12-19)8-4-3-5-9-17/h6-7,10H,2-5,8-9,11H2,1H3,(H,20,21). The first-order chi connectivity index (χ1) is 10.6. The predicted molar refractivity (Wildman–Crippen MR) is 80.5 cm³/mol. The Morgan fingerprint density at radius 3 is 2.73 bits per heavy atom. The Kier molecular flexibility index (Phi) is 5.37. The third-order valence-electron chi connectivity index (χ3n) is 4.10. The van der Waals surface area contributed by atoms with E-state index in [0.717, 1.165) is 19.3 Å². The molecule has 0 bridgehead atoms. The zero-order valence-electron chi connectivity index (χ0n) is 12.8. The maximum Gasteiger partial charge on any atom is 0.240 e. The van der Waals surface area contributed by atoms with Gasteiger partial charge in [0.25, 0.3) is 0 Å². The van der Waals surface area contributed by atoms with Crippen molar-refractivity contribution < 1.29 is 13.9 Å². The van der Waals surface area contributed by atoms with Crippen LogP contribution in [0, 0.1) is 22.6 Å². The Labute approximate surface area is 130 Å². The first-order valence-electron chi connectivity index (χ1n) is 7.72. The largest absolute Gasteiger partial charge is 0.491 e. The monoisotopic (exact) mass is 304 g/mol. The normalized spacial score (nSPS) is 16.6. The Balaban J connectivity index is 1.99. The second kappa shape index (κ2) is 7.26. The lowest BCUT2D eigenvalue weighted by molar-refractivity contribution is -0.129. The fraction of sp³-hybridized carbons (Fsp3) is 0.529. The number of rotatable bonds is 5. The predicted octanol–water partition coefficient (Wildman–Crippen LogP) is 3.31. The number of carbonyl (C=O) groups is 1. The molecule has 0 unspecified atom stereocenters. The van der Waals surface area contributed by atoms with Crippen LogP contribution in [0.4, 0.5) is 4.39 Å². The van der Waals surface area contributed by atoms with E-state index in [4.69, 9.17) is 4.74 Å². The molecule has 0 saturated heterocycles. The molecule has 118 valence electrons. The number of nitrogens with one attached hydrogen (secondary N) is 1. The number of hydrogen-bond acceptors (Lipinski definition) is 3. The van der Waals surface area contributed by atoms with Crippen molar-refractivity contribution in [2.24, 2.45) is 5.41 Å². The lowest BCUT2D eigenvalue weighted by atomic mass is 9.74. The third-order valence-corrected chi connectivity index (χ3v) is 4.10. The minimum absolute atomic E-state index is 0.207. The van der Waals surface area contributed by atoms with Crippen molar-refractivity contribution in [3.8, 4) is 11.8 Å². The van der Waals surface area contributed by atoms with Crippen molar-refractivity contribution in [1.29, 1.82) is 5.26 Å². The van der Waals surface area contributed by atoms with Crippen LogP contribution in [-0.2, 0) is 11.3 Å². The first-order valence-corrected chi connectivity index (χ1v) is 7.72. The van der Waals surface area contributed by atoms with Gasteiger partial charge in [0.1, 0.15) is 5.41 Å². The Morgan fingerprint density at radius 1 is 1.41 bits per heavy atom. The summed E-state index contributed by atoms with van der Waals surface area (Å²) in [6.07, 6.45) is 4.08. The number of nitriles is 1. The van der Waals surface area contributed by atoms with Gasteiger partial charge in [0.2, 0.25) is 5.91 Å². The number of nitrogens with zero attached hydrogens (tertiary/aromatic N) is 1. The summed E-state index contributed by atoms with van der Waals surface area (Å²) in [5, 5.41) is 12.1. The van der Waals surface area contributed by atoms with E-state index in [9.17, 15) is 14.4 Å². The van der Waals surface area contributed by atoms with Gasteiger partial charge in [-0.3, -0.25) is 4.79 Å². The molecule has 0 atom stereocenters. The Hall–Kier alpha value is -2.09. The molecule has 4 nitrogen and oxygen atoms in total. The average molecular weight is 304 g/mol. The van der Waals surface area contributed by atoms with Gasteiger partial charge >= 0.3 is 0 Å². The molecule has 1 saturated carbocycles. The minimum atomic E-state index is -0.915. The number of benzene rings is 1. The van der Waals surface area contributed by atoms with Crippen molar-refractivity contribution >= 4 is 5.91 Å². The second-order valence-corrected chi connectivity index (χ2v) is 5.64. The first kappa shape index (κ1) is 16.3. The van der Waals surface area contributed by atoms with E-state index in [1.54, 1.807) is 19.1 Å². The molecule has 1 aromatic carbocycles. The molecule has 22 heavy (non-hydrogen) atoms. The number of carbonyl (C=O) groups excluding carboxylic acids is 1. The van der Waals surface area contributed by atoms with Crippen LogP contribution in [0.25, 0.3) is 0 Å². The van der Waals surface area contributed by atoms with Crippen molar-refractivity contribution in [2.75, 3.05) is 6.61 Å². The van der Waals surface area contributed by atoms with Gasteiger partial charge in [0.05, 0.1) is 12.7 Å². The molecule has 1 fully saturated rings. The summed E-state index contributed by atoms with van der Waals surface area (Å²) < 4.78 is 18.9. The van der Waals surface area contributed by atoms with Crippen LogP contribution >= 0.6 is 0 Å². The lowest BCUT2D eigenvalue weighted by Crippen LogP contribution is -2.41. The summed E-state index contributed by atoms with van der Waals surface area (Å²) in [7, 11) is 0. The molecule has 0 aliphatic heterocycles. The SMILES string of the molecule is CCOc1ccc(CNC(=O)C2(C#N)CCCCC2)cc1F. The molecule has 1 amide bonds. The molecule has 0 radical (unpaired) electrons. The van der Waals surface area contributed by atoms with Crippen LogP contribution in [0.1, 0.15) is 44.6 Å². The quantitative estimate of drug-likeness (QED) is 0.907. The van der Waals surface area contributed by atoms with Crippen molar-refractivity contribution in [2.45, 2.75) is 45.6 Å². The van der Waals surface area contributed by atoms with Crippen LogP contribution in [0.3, 0.4) is 0 Å². The molecule has 0 heterocycles. The summed E-state index contributed by atoms with van der Waals surface area (Å²) in [6.45, 7) is 2.41. The van der Waals surface area contributed by atoms with E-state index in [1.165, 1.54) is 6.07 Å². The second-order valence-electron chi connectivity index (χ2n) is 5.64. The van der Waals surface area contributed by atoms with Crippen LogP contribution in [0.2, 0.25) is 0 Å². The molecule has 2 rings (SSSR count). The van der Waals surface area contributed by atoms with E-state index in [1.807, 2.05) is 0 Å². The van der Waals surface area contributed by atoms with Crippen LogP contribution in [0.15, 0.2) is 18.2 Å². The number of ether oxygens (including phenoxy) is 1. The molecule has 0 aromatic heterocycles. The Morgan fingerprint density at radius 2 is 2.14 bits per heavy atom. The maximum absolute atomic E-state index is 13.8. The highest BCUT2D eigenvalue weighted by Gasteiger charge is 2.39. The molecule has 0 spiro atoms. The smallest absolute Gasteiger partial charge is 0.240 e. The van der Waals surface area contributed by atoms with Crippen LogP contribution in [0.5, 0.6) is 5.75 Å². The third kappa shape index (κ3) is 3.56. The van der Waals surface area contributed by atoms with Gasteiger partial charge in [0.15, 0.2) is 11.6 Å². The van der Waals surface area contributed by atoms with Gasteiger partial charge in [-0.05, 0) is 37.5 Å². The highest BCUT2D eigenvalue weighted by atomic mass is 19.1. The zero-order valence-corrected chi connectivity index (χ0v) is 12.8. The fourth-order valence-electron chi connectivity index (χ4n) is 2.82. The van der Waals surface area contributed by atoms with Gasteiger partial charge < -0.3 is 10.1 Å². The summed E-state index contributed by atoms with van der Waals surface area (Å²) in [4.78, 5) is 12.3. The minimum Gasteiger partial charge on any atom is -0.491 e. The van der Waals surface area contributed by atoms with Gasteiger partial charge in [-0.1, -0.05) is 25.3 Å². The summed E-state index contributed by atoms with van der Waals surface area (Å²) in [5.41, 5.74) is -0.264. The van der Waals surface area contributed by atoms with Crippen molar-refractivity contribution in [3.63, 3.8) is 0 Å². The molecule has 1 aliphatic rings. The molecule has 1 aromatic rings. The van der Waals surface area contributed by atoms with Crippen molar-refractivity contribution in [3.05, 3.63) is 29.6 Å². The number of amides is 1. The summed E-state index contributed by atoms with van der Waals surface area (Å²) >= 11 is 0. The Bertz CT molecular complexity index is 575. The van der Waals surface area contributed by atoms with E-state index >= 15 is 0 Å². The lowest BCUT2D eigenvalue weighted by Gasteiger charge is -2.29. The van der Waals surface area contributed by atoms with Crippen molar-refractivity contribution in [1.82, 2.24) is 5.32 Å². The topological polar surface area (TPSA) is 62.1 Å². The highest BCUT2D eigenvalue weighted by Crippen LogP contribution is 2.35. The summed E-state index contributed by atoms with van der Waals surface area (Å²) in [6, 6.07) is 6.81. The maximum atomic E-state index is 13.8. The van der Waals surface area contributed by atoms with Gasteiger partial charge in [-0.2, -0.15) is 5.26 Å². The molecule has 1 N–H and O–H groups in total. The molecular weight excluding hydrogens is 283 g/mol. The van der Waals surface area contributed by atoms with Crippen LogP contribution < -0.4 is 10.1 Å². The molecule has 5 heteroatoms. The van der Waals surface area contributed by atoms with E-state index in [0.29, 0.717) is 25.0 Å². The van der Waals surface area contributed by atoms with Gasteiger partial charge in [0, 0.05) is 6.54 Å². The zero-order chi connectivity index (χ0) is 16.0. The van der Waals surface area contributed by atoms with Crippen LogP contribution in [-0.4, -0.2) is 12.5 Å². The molecule has 1 aliphatic carbocycles. The van der Waals surface area contributed by atoms with Gasteiger partial charge in [-0.15, -0.1) is 0 Å². The van der Waals surface area contributed by atoms with E-state index < -0.39 is 11.2 Å². The average Bonchev–Trinajstić information content (AvgIpc) is 2.55. The highest BCUT2D eigenvalue weighted by molar-refractivity contribution is 5.85. The summed E-state index contributed by atoms with van der Waals surface area (Å²) in [5.74, 6) is -0.483. The fourth-order valence-corrected chi connectivity index (χ4v) is 2.82. The molecular formula is C17H21FN2O2.